The monoisotopic (exact) mass is 625 g/mol. The number of rotatable bonds is 4. The number of hydrogen-bond acceptors (Lipinski definition) is 3. The lowest BCUT2D eigenvalue weighted by Crippen LogP contribution is -2.15. The molecular formula is C46H31N3. The maximum atomic E-state index is 9.60. The molecule has 3 nitrogen and oxygen atoms in total. The first kappa shape index (κ1) is 28.8. The van der Waals surface area contributed by atoms with Gasteiger partial charge in [-0.15, -0.1) is 0 Å². The highest BCUT2D eigenvalue weighted by Gasteiger charge is 2.37. The van der Waals surface area contributed by atoms with Crippen molar-refractivity contribution in [1.29, 1.82) is 5.26 Å². The van der Waals surface area contributed by atoms with Crippen LogP contribution in [0.1, 0.15) is 30.5 Å². The molecule has 1 aliphatic carbocycles. The second kappa shape index (κ2) is 11.1. The minimum Gasteiger partial charge on any atom is -0.228 e. The predicted octanol–water partition coefficient (Wildman–Crippen LogP) is 11.6. The first-order chi connectivity index (χ1) is 24.0. The van der Waals surface area contributed by atoms with Crippen LogP contribution in [0.3, 0.4) is 0 Å². The maximum Gasteiger partial charge on any atom is 0.160 e. The number of aromatic nitrogens is 2. The van der Waals surface area contributed by atoms with Gasteiger partial charge >= 0.3 is 0 Å². The third-order valence-corrected chi connectivity index (χ3v) is 10.1. The minimum absolute atomic E-state index is 0.188. The van der Waals surface area contributed by atoms with Gasteiger partial charge in [0, 0.05) is 22.1 Å². The maximum absolute atomic E-state index is 9.60. The zero-order valence-electron chi connectivity index (χ0n) is 27.3. The van der Waals surface area contributed by atoms with Crippen molar-refractivity contribution in [3.8, 4) is 62.2 Å². The highest BCUT2D eigenvalue weighted by molar-refractivity contribution is 5.93. The molecule has 0 amide bonds. The third-order valence-electron chi connectivity index (χ3n) is 10.1. The van der Waals surface area contributed by atoms with Crippen LogP contribution in [0.4, 0.5) is 0 Å². The molecule has 0 aliphatic heterocycles. The van der Waals surface area contributed by atoms with Gasteiger partial charge in [0.05, 0.1) is 23.0 Å². The molecule has 1 aliphatic rings. The molecule has 8 aromatic rings. The Morgan fingerprint density at radius 1 is 0.469 bits per heavy atom. The highest BCUT2D eigenvalue weighted by Crippen LogP contribution is 2.52. The lowest BCUT2D eigenvalue weighted by molar-refractivity contribution is 0.660. The van der Waals surface area contributed by atoms with Gasteiger partial charge < -0.3 is 0 Å². The topological polar surface area (TPSA) is 49.6 Å². The number of hydrogen-bond donors (Lipinski definition) is 0. The number of benzene rings is 7. The summed E-state index contributed by atoms with van der Waals surface area (Å²) in [5.41, 5.74) is 12.6. The molecule has 0 spiro atoms. The molecule has 9 rings (SSSR count). The molecule has 1 heterocycles. The van der Waals surface area contributed by atoms with Gasteiger partial charge in [0.1, 0.15) is 0 Å². The Labute approximate surface area is 285 Å². The Morgan fingerprint density at radius 3 is 1.76 bits per heavy atom. The smallest absolute Gasteiger partial charge is 0.160 e. The SMILES string of the molecule is CC1(C)c2cc(C#N)ccc2-c2c(-c3ccc(-c4cc(-c5ccc6ccccc6c5)nc(-c5ccc6ccccc6c5)n4)cc3)cccc21. The molecule has 7 aromatic carbocycles. The van der Waals surface area contributed by atoms with Crippen molar-refractivity contribution in [2.75, 3.05) is 0 Å². The molecule has 0 fully saturated rings. The van der Waals surface area contributed by atoms with E-state index >= 15 is 0 Å². The van der Waals surface area contributed by atoms with E-state index in [1.807, 2.05) is 6.07 Å². The Morgan fingerprint density at radius 2 is 1.06 bits per heavy atom. The van der Waals surface area contributed by atoms with Crippen LogP contribution in [-0.2, 0) is 5.41 Å². The van der Waals surface area contributed by atoms with Crippen molar-refractivity contribution in [3.05, 3.63) is 168 Å². The van der Waals surface area contributed by atoms with E-state index in [2.05, 4.69) is 166 Å². The van der Waals surface area contributed by atoms with Crippen LogP contribution in [0, 0.1) is 11.3 Å². The van der Waals surface area contributed by atoms with Crippen LogP contribution in [0.2, 0.25) is 0 Å². The zero-order chi connectivity index (χ0) is 33.1. The molecular weight excluding hydrogens is 595 g/mol. The van der Waals surface area contributed by atoms with E-state index in [1.54, 1.807) is 0 Å². The van der Waals surface area contributed by atoms with Gasteiger partial charge in [-0.1, -0.05) is 135 Å². The molecule has 0 radical (unpaired) electrons. The van der Waals surface area contributed by atoms with Crippen LogP contribution < -0.4 is 0 Å². The Balaban J connectivity index is 1.17. The fourth-order valence-electron chi connectivity index (χ4n) is 7.47. The molecule has 49 heavy (non-hydrogen) atoms. The van der Waals surface area contributed by atoms with Gasteiger partial charge in [0.25, 0.3) is 0 Å². The van der Waals surface area contributed by atoms with Gasteiger partial charge in [-0.2, -0.15) is 5.26 Å². The van der Waals surface area contributed by atoms with Gasteiger partial charge in [-0.25, -0.2) is 9.97 Å². The summed E-state index contributed by atoms with van der Waals surface area (Å²) in [6.07, 6.45) is 0. The second-order valence-corrected chi connectivity index (χ2v) is 13.4. The number of fused-ring (bicyclic) bond motifs is 5. The molecule has 0 unspecified atom stereocenters. The summed E-state index contributed by atoms with van der Waals surface area (Å²) in [4.78, 5) is 10.3. The summed E-state index contributed by atoms with van der Waals surface area (Å²) in [6.45, 7) is 4.50. The van der Waals surface area contributed by atoms with E-state index < -0.39 is 0 Å². The summed E-state index contributed by atoms with van der Waals surface area (Å²) < 4.78 is 0. The summed E-state index contributed by atoms with van der Waals surface area (Å²) >= 11 is 0. The Bertz CT molecular complexity index is 2540. The Hall–Kier alpha value is -6.37. The van der Waals surface area contributed by atoms with Crippen molar-refractivity contribution in [2.24, 2.45) is 0 Å². The van der Waals surface area contributed by atoms with Crippen molar-refractivity contribution in [3.63, 3.8) is 0 Å². The average Bonchev–Trinajstić information content (AvgIpc) is 3.39. The molecule has 0 bridgehead atoms. The van der Waals surface area contributed by atoms with Gasteiger partial charge in [0.15, 0.2) is 5.82 Å². The van der Waals surface area contributed by atoms with E-state index in [-0.39, 0.29) is 5.41 Å². The summed E-state index contributed by atoms with van der Waals surface area (Å²) in [6, 6.07) is 55.6. The van der Waals surface area contributed by atoms with Crippen molar-refractivity contribution < 1.29 is 0 Å². The van der Waals surface area contributed by atoms with E-state index in [0.717, 1.165) is 39.0 Å². The molecule has 0 N–H and O–H groups in total. The largest absolute Gasteiger partial charge is 0.228 e. The van der Waals surface area contributed by atoms with Gasteiger partial charge in [-0.3, -0.25) is 0 Å². The van der Waals surface area contributed by atoms with Crippen molar-refractivity contribution in [2.45, 2.75) is 19.3 Å². The summed E-state index contributed by atoms with van der Waals surface area (Å²) in [5, 5.41) is 14.3. The van der Waals surface area contributed by atoms with Gasteiger partial charge in [-0.05, 0) is 85.3 Å². The first-order valence-electron chi connectivity index (χ1n) is 16.6. The molecule has 0 saturated carbocycles. The summed E-state index contributed by atoms with van der Waals surface area (Å²) in [7, 11) is 0. The van der Waals surface area contributed by atoms with Crippen LogP contribution >= 0.6 is 0 Å². The predicted molar refractivity (Wildman–Crippen MR) is 201 cm³/mol. The van der Waals surface area contributed by atoms with Gasteiger partial charge in [0.2, 0.25) is 0 Å². The van der Waals surface area contributed by atoms with Crippen molar-refractivity contribution >= 4 is 21.5 Å². The molecule has 0 atom stereocenters. The number of nitrogens with zero attached hydrogens (tertiary/aromatic N) is 3. The van der Waals surface area contributed by atoms with Crippen LogP contribution in [0.5, 0.6) is 0 Å². The fourth-order valence-corrected chi connectivity index (χ4v) is 7.47. The van der Waals surface area contributed by atoms with E-state index in [9.17, 15) is 5.26 Å². The molecule has 1 aromatic heterocycles. The standard InChI is InChI=1S/C46H31N3/c1-46(2)40-13-7-12-38(44(40)39-23-14-29(28-47)24-41(39)46)32-17-19-33(20-18-32)42-27-43(36-21-15-30-8-3-5-10-34(30)25-36)49-45(48-42)37-22-16-31-9-4-6-11-35(31)26-37/h3-27H,1-2H3. The minimum atomic E-state index is -0.188. The average molecular weight is 626 g/mol. The van der Waals surface area contributed by atoms with E-state index in [0.29, 0.717) is 11.4 Å². The summed E-state index contributed by atoms with van der Waals surface area (Å²) in [5.74, 6) is 0.701. The second-order valence-electron chi connectivity index (χ2n) is 13.4. The zero-order valence-corrected chi connectivity index (χ0v) is 27.3. The van der Waals surface area contributed by atoms with Crippen LogP contribution in [-0.4, -0.2) is 9.97 Å². The fraction of sp³-hybridized carbons (Fsp3) is 0.0652. The highest BCUT2D eigenvalue weighted by atomic mass is 14.9. The molecule has 230 valence electrons. The van der Waals surface area contributed by atoms with Crippen LogP contribution in [0.15, 0.2) is 152 Å². The lowest BCUT2D eigenvalue weighted by atomic mass is 9.81. The molecule has 3 heteroatoms. The Kier molecular flexibility index (Phi) is 6.54. The third kappa shape index (κ3) is 4.81. The van der Waals surface area contributed by atoms with E-state index in [1.165, 1.54) is 44.0 Å². The quantitative estimate of drug-likeness (QED) is 0.195. The van der Waals surface area contributed by atoms with E-state index in [4.69, 9.17) is 9.97 Å². The lowest BCUT2D eigenvalue weighted by Gasteiger charge is -2.21. The normalized spacial score (nSPS) is 12.8. The number of nitriles is 1. The molecule has 0 saturated heterocycles. The van der Waals surface area contributed by atoms with Crippen molar-refractivity contribution in [1.82, 2.24) is 9.97 Å². The van der Waals surface area contributed by atoms with Crippen LogP contribution in [0.25, 0.3) is 77.7 Å². The first-order valence-corrected chi connectivity index (χ1v) is 16.6.